The fourth-order valence-corrected chi connectivity index (χ4v) is 8.01. The van der Waals surface area contributed by atoms with E-state index in [4.69, 9.17) is 18.9 Å². The van der Waals surface area contributed by atoms with Crippen molar-refractivity contribution in [1.82, 2.24) is 24.9 Å². The summed E-state index contributed by atoms with van der Waals surface area (Å²) in [5.74, 6) is -2.06. The van der Waals surface area contributed by atoms with Crippen molar-refractivity contribution in [1.29, 1.82) is 0 Å². The first kappa shape index (κ1) is 52.6. The van der Waals surface area contributed by atoms with Crippen LogP contribution in [-0.4, -0.2) is 143 Å². The zero-order valence-corrected chi connectivity index (χ0v) is 38.6. The lowest BCUT2D eigenvalue weighted by Gasteiger charge is -2.30. The molecule has 0 radical (unpaired) electrons. The van der Waals surface area contributed by atoms with Crippen LogP contribution in [0.5, 0.6) is 0 Å². The van der Waals surface area contributed by atoms with Crippen molar-refractivity contribution in [3.63, 3.8) is 0 Å². The van der Waals surface area contributed by atoms with E-state index in [1.807, 2.05) is 74.5 Å². The van der Waals surface area contributed by atoms with Gasteiger partial charge in [-0.1, -0.05) is 81.4 Å². The van der Waals surface area contributed by atoms with E-state index in [9.17, 15) is 38.7 Å². The summed E-state index contributed by atoms with van der Waals surface area (Å²) in [7, 11) is 3.19. The maximum atomic E-state index is 12.8. The third-order valence-electron chi connectivity index (χ3n) is 11.5. The summed E-state index contributed by atoms with van der Waals surface area (Å²) < 4.78 is 20.4. The van der Waals surface area contributed by atoms with Gasteiger partial charge >= 0.3 is 30.1 Å². The van der Waals surface area contributed by atoms with Gasteiger partial charge in [-0.2, -0.15) is 0 Å². The molecule has 3 fully saturated rings. The zero-order valence-electron chi connectivity index (χ0n) is 38.6. The number of likely N-dealkylation sites (N-methyl/N-ethyl adjacent to an activating group) is 2. The van der Waals surface area contributed by atoms with Gasteiger partial charge in [0.15, 0.2) is 0 Å². The Morgan fingerprint density at radius 2 is 1.02 bits per heavy atom. The van der Waals surface area contributed by atoms with Crippen LogP contribution >= 0.6 is 0 Å². The molecule has 2 aromatic rings. The van der Waals surface area contributed by atoms with Crippen molar-refractivity contribution in [3.8, 4) is 0 Å². The Labute approximate surface area is 377 Å². The number of esters is 2. The predicted molar refractivity (Wildman–Crippen MR) is 238 cm³/mol. The highest BCUT2D eigenvalue weighted by atomic mass is 16.6. The van der Waals surface area contributed by atoms with Crippen LogP contribution in [0.3, 0.4) is 0 Å². The average Bonchev–Trinajstić information content (AvgIpc) is 4.07. The maximum Gasteiger partial charge on any atom is 0.411 e. The molecule has 0 bridgehead atoms. The van der Waals surface area contributed by atoms with Gasteiger partial charge in [0.2, 0.25) is 11.8 Å². The second-order valence-electron chi connectivity index (χ2n) is 15.9. The van der Waals surface area contributed by atoms with Crippen LogP contribution in [0, 0.1) is 0 Å². The lowest BCUT2D eigenvalue weighted by atomic mass is 10.1. The van der Waals surface area contributed by atoms with Gasteiger partial charge in [0.05, 0.1) is 19.3 Å². The lowest BCUT2D eigenvalue weighted by Crippen LogP contribution is -2.50. The first-order valence-corrected chi connectivity index (χ1v) is 22.5. The predicted octanol–water partition coefficient (Wildman–Crippen LogP) is 5.78. The molecule has 17 nitrogen and oxygen atoms in total. The van der Waals surface area contributed by atoms with Crippen LogP contribution in [0.2, 0.25) is 0 Å². The van der Waals surface area contributed by atoms with E-state index in [0.29, 0.717) is 31.9 Å². The Morgan fingerprint density at radius 3 is 1.42 bits per heavy atom. The summed E-state index contributed by atoms with van der Waals surface area (Å²) in [5, 5.41) is 12.5. The Bertz CT molecular complexity index is 1800. The van der Waals surface area contributed by atoms with E-state index in [-0.39, 0.29) is 68.8 Å². The van der Waals surface area contributed by atoms with Crippen LogP contribution in [0.1, 0.15) is 104 Å². The van der Waals surface area contributed by atoms with Gasteiger partial charge in [0.1, 0.15) is 38.4 Å². The summed E-state index contributed by atoms with van der Waals surface area (Å²) >= 11 is 0. The molecule has 0 saturated carbocycles. The highest BCUT2D eigenvalue weighted by Crippen LogP contribution is 2.29. The Morgan fingerprint density at radius 1 is 0.578 bits per heavy atom. The number of carboxylic acids is 1. The van der Waals surface area contributed by atoms with Crippen LogP contribution in [0.4, 0.5) is 9.59 Å². The standard InChI is InChI=1S/C20H28N2O5.C15H19NO4.C12H22N2O3/c1-4-16-11-12-17(19(24)21(3)13-18(23)26-5-2)22(16)20(25)27-14-15-9-7-6-8-10-15;1-2-12-8-9-13(14(17)18)16(12)15(19)20-10-11-6-4-3-5-7-11;1-4-9-6-7-10(13-9)12(16)14(3)8-11(15)17-5-2/h6-10,16-17H,4-5,11-14H2,1-3H3;3-7,12-13H,2,8-10H2,1H3,(H,17,18);9-10,13H,4-8H2,1-3H3/t16?,17-;12?,13-;9?,10-/m000/s1. The topological polar surface area (TPSA) is 202 Å². The summed E-state index contributed by atoms with van der Waals surface area (Å²) in [6.45, 7) is 10.3. The number of rotatable bonds is 16. The molecule has 2 aromatic carbocycles. The minimum atomic E-state index is -0.961. The Hall–Kier alpha value is -5.71. The number of aliphatic carboxylic acids is 1. The van der Waals surface area contributed by atoms with Crippen molar-refractivity contribution in [2.75, 3.05) is 40.4 Å². The van der Waals surface area contributed by atoms with Crippen LogP contribution in [0.25, 0.3) is 0 Å². The number of carboxylic acid groups (broad SMARTS) is 1. The molecule has 17 heteroatoms. The zero-order chi connectivity index (χ0) is 47.2. The molecule has 5 rings (SSSR count). The molecule has 3 unspecified atom stereocenters. The van der Waals surface area contributed by atoms with Crippen molar-refractivity contribution in [3.05, 3.63) is 71.8 Å². The third-order valence-corrected chi connectivity index (χ3v) is 11.5. The van der Waals surface area contributed by atoms with Gasteiger partial charge in [-0.25, -0.2) is 14.4 Å². The summed E-state index contributed by atoms with van der Waals surface area (Å²) in [5.41, 5.74) is 1.78. The quantitative estimate of drug-likeness (QED) is 0.152. The number of ether oxygens (including phenoxy) is 4. The number of carbonyl (C=O) groups is 7. The molecule has 0 spiro atoms. The van der Waals surface area contributed by atoms with E-state index >= 15 is 0 Å². The van der Waals surface area contributed by atoms with E-state index in [1.54, 1.807) is 27.9 Å². The third kappa shape index (κ3) is 16.1. The van der Waals surface area contributed by atoms with Gasteiger partial charge in [-0.05, 0) is 82.8 Å². The van der Waals surface area contributed by atoms with Crippen LogP contribution < -0.4 is 5.32 Å². The first-order chi connectivity index (χ1) is 30.7. The average molecular weight is 896 g/mol. The molecule has 2 N–H and O–H groups in total. The number of hydrogen-bond acceptors (Lipinski definition) is 12. The van der Waals surface area contributed by atoms with Gasteiger partial charge in [-0.3, -0.25) is 29.0 Å². The summed E-state index contributed by atoms with van der Waals surface area (Å²) in [6.07, 6.45) is 5.87. The first-order valence-electron chi connectivity index (χ1n) is 22.5. The van der Waals surface area contributed by atoms with Crippen LogP contribution in [-0.2, 0) is 56.1 Å². The highest BCUT2D eigenvalue weighted by Gasteiger charge is 2.43. The number of hydrogen-bond donors (Lipinski definition) is 2. The molecule has 4 amide bonds. The minimum Gasteiger partial charge on any atom is -0.480 e. The smallest absolute Gasteiger partial charge is 0.411 e. The van der Waals surface area contributed by atoms with Gasteiger partial charge in [-0.15, -0.1) is 0 Å². The number of nitrogens with zero attached hydrogens (tertiary/aromatic N) is 4. The summed E-state index contributed by atoms with van der Waals surface area (Å²) in [6, 6.07) is 17.6. The Balaban J connectivity index is 0.000000263. The molecule has 0 aromatic heterocycles. The molecule has 3 aliphatic heterocycles. The molecular formula is C47H69N5O12. The van der Waals surface area contributed by atoms with E-state index in [1.165, 1.54) is 19.6 Å². The van der Waals surface area contributed by atoms with Crippen molar-refractivity contribution in [2.45, 2.75) is 142 Å². The molecule has 3 heterocycles. The van der Waals surface area contributed by atoms with Crippen LogP contribution in [0.15, 0.2) is 60.7 Å². The highest BCUT2D eigenvalue weighted by molar-refractivity contribution is 5.89. The monoisotopic (exact) mass is 895 g/mol. The SMILES string of the molecule is CCC1CC[C@@H](C(=O)O)N1C(=O)OCc1ccccc1.CCOC(=O)CN(C)C(=O)[C@@H]1CCC(CC)N1.CCOC(=O)CN(C)C(=O)[C@@H]1CCC(CC)N1C(=O)OCc1ccccc1. The van der Waals surface area contributed by atoms with Gasteiger partial charge < -0.3 is 39.2 Å². The van der Waals surface area contributed by atoms with Crippen molar-refractivity contribution < 1.29 is 57.6 Å². The van der Waals surface area contributed by atoms with E-state index in [0.717, 1.165) is 49.7 Å². The number of benzene rings is 2. The largest absolute Gasteiger partial charge is 0.480 e. The van der Waals surface area contributed by atoms with Crippen molar-refractivity contribution in [2.24, 2.45) is 0 Å². The summed E-state index contributed by atoms with van der Waals surface area (Å²) in [4.78, 5) is 89.4. The Kier molecular flexibility index (Phi) is 22.6. The number of amides is 4. The maximum absolute atomic E-state index is 12.8. The molecule has 3 aliphatic rings. The second kappa shape index (κ2) is 27.5. The van der Waals surface area contributed by atoms with E-state index in [2.05, 4.69) is 12.2 Å². The van der Waals surface area contributed by atoms with Gasteiger partial charge in [0, 0.05) is 32.2 Å². The number of likely N-dealkylation sites (tertiary alicyclic amines) is 2. The molecule has 0 aliphatic carbocycles. The van der Waals surface area contributed by atoms with Gasteiger partial charge in [0.25, 0.3) is 0 Å². The lowest BCUT2D eigenvalue weighted by molar-refractivity contribution is -0.149. The molecule has 6 atom stereocenters. The fourth-order valence-electron chi connectivity index (χ4n) is 8.01. The minimum absolute atomic E-state index is 0.0194. The fraction of sp³-hybridized carbons (Fsp3) is 0.596. The normalized spacial score (nSPS) is 21.0. The molecule has 354 valence electrons. The second-order valence-corrected chi connectivity index (χ2v) is 15.9. The molecule has 64 heavy (non-hydrogen) atoms. The molecule has 3 saturated heterocycles. The van der Waals surface area contributed by atoms with E-state index < -0.39 is 36.2 Å². The number of carbonyl (C=O) groups excluding carboxylic acids is 6. The number of nitrogens with one attached hydrogen (secondary N) is 1. The molecular weight excluding hydrogens is 827 g/mol. The van der Waals surface area contributed by atoms with Crippen molar-refractivity contribution >= 4 is 41.9 Å².